The average molecular weight is 289 g/mol. The van der Waals surface area contributed by atoms with Crippen molar-refractivity contribution in [2.45, 2.75) is 66.2 Å². The highest BCUT2D eigenvalue weighted by Gasteiger charge is 2.04. The molecule has 0 radical (unpaired) electrons. The number of rotatable bonds is 9. The van der Waals surface area contributed by atoms with Crippen molar-refractivity contribution in [3.05, 3.63) is 11.6 Å². The van der Waals surface area contributed by atoms with Crippen LogP contribution < -0.4 is 0 Å². The van der Waals surface area contributed by atoms with Crippen molar-refractivity contribution < 1.29 is 0 Å². The molecule has 0 aliphatic heterocycles. The summed E-state index contributed by atoms with van der Waals surface area (Å²) in [6.07, 6.45) is 10.5. The van der Waals surface area contributed by atoms with E-state index in [9.17, 15) is 0 Å². The molecular weight excluding hydrogens is 260 g/mol. The van der Waals surface area contributed by atoms with Crippen LogP contribution in [0.15, 0.2) is 11.6 Å². The SMILES string of the molecule is CC(C)=CCC[C@H](C)CCC[C@H](C)CCBr. The van der Waals surface area contributed by atoms with Crippen molar-refractivity contribution in [1.29, 1.82) is 0 Å². The smallest absolute Gasteiger partial charge is 0.00338 e. The Morgan fingerprint density at radius 3 is 2.06 bits per heavy atom. The van der Waals surface area contributed by atoms with Gasteiger partial charge in [0.05, 0.1) is 0 Å². The Morgan fingerprint density at radius 2 is 1.56 bits per heavy atom. The van der Waals surface area contributed by atoms with Gasteiger partial charge in [0.15, 0.2) is 0 Å². The number of hydrogen-bond donors (Lipinski definition) is 0. The first-order valence-electron chi connectivity index (χ1n) is 6.75. The molecule has 2 atom stereocenters. The van der Waals surface area contributed by atoms with E-state index in [0.717, 1.165) is 17.2 Å². The molecule has 0 unspecified atom stereocenters. The summed E-state index contributed by atoms with van der Waals surface area (Å²) in [6, 6.07) is 0. The summed E-state index contributed by atoms with van der Waals surface area (Å²) in [5.74, 6) is 1.79. The normalized spacial score (nSPS) is 14.6. The van der Waals surface area contributed by atoms with Crippen LogP contribution in [-0.4, -0.2) is 5.33 Å². The van der Waals surface area contributed by atoms with E-state index in [1.165, 1.54) is 44.1 Å². The predicted octanol–water partition coefficient (Wildman–Crippen LogP) is 5.96. The molecule has 0 N–H and O–H groups in total. The van der Waals surface area contributed by atoms with Crippen LogP contribution in [0, 0.1) is 11.8 Å². The lowest BCUT2D eigenvalue weighted by atomic mass is 9.94. The van der Waals surface area contributed by atoms with Crippen molar-refractivity contribution in [1.82, 2.24) is 0 Å². The second-order valence-corrected chi connectivity index (χ2v) is 6.27. The molecule has 0 amide bonds. The molecule has 0 fully saturated rings. The Bertz CT molecular complexity index is 180. The van der Waals surface area contributed by atoms with Crippen molar-refractivity contribution >= 4 is 15.9 Å². The molecule has 1 heteroatoms. The highest BCUT2D eigenvalue weighted by atomic mass is 79.9. The van der Waals surface area contributed by atoms with Gasteiger partial charge in [0.1, 0.15) is 0 Å². The summed E-state index contributed by atoms with van der Waals surface area (Å²) in [5.41, 5.74) is 1.46. The lowest BCUT2D eigenvalue weighted by Gasteiger charge is -2.13. The Labute approximate surface area is 111 Å². The largest absolute Gasteiger partial charge is 0.0928 e. The number of hydrogen-bond acceptors (Lipinski definition) is 0. The topological polar surface area (TPSA) is 0 Å². The third-order valence-electron chi connectivity index (χ3n) is 3.21. The third kappa shape index (κ3) is 10.7. The van der Waals surface area contributed by atoms with Gasteiger partial charge in [-0.3, -0.25) is 0 Å². The van der Waals surface area contributed by atoms with Crippen molar-refractivity contribution in [3.63, 3.8) is 0 Å². The first kappa shape index (κ1) is 16.2. The first-order valence-corrected chi connectivity index (χ1v) is 7.87. The van der Waals surface area contributed by atoms with Gasteiger partial charge >= 0.3 is 0 Å². The summed E-state index contributed by atoms with van der Waals surface area (Å²) in [6.45, 7) is 9.14. The molecule has 0 bridgehead atoms. The van der Waals surface area contributed by atoms with Crippen LogP contribution in [0.3, 0.4) is 0 Å². The fourth-order valence-electron chi connectivity index (χ4n) is 1.95. The third-order valence-corrected chi connectivity index (χ3v) is 3.67. The van der Waals surface area contributed by atoms with Crippen LogP contribution in [0.25, 0.3) is 0 Å². The Balaban J connectivity index is 3.43. The van der Waals surface area contributed by atoms with Gasteiger partial charge in [-0.25, -0.2) is 0 Å². The second kappa shape index (κ2) is 10.4. The molecule has 0 heterocycles. The van der Waals surface area contributed by atoms with Gasteiger partial charge in [-0.2, -0.15) is 0 Å². The minimum atomic E-state index is 0.893. The first-order chi connectivity index (χ1) is 7.56. The van der Waals surface area contributed by atoms with Crippen molar-refractivity contribution in [2.75, 3.05) is 5.33 Å². The fraction of sp³-hybridized carbons (Fsp3) is 0.867. The van der Waals surface area contributed by atoms with Crippen LogP contribution in [0.2, 0.25) is 0 Å². The van der Waals surface area contributed by atoms with Gasteiger partial charge < -0.3 is 0 Å². The van der Waals surface area contributed by atoms with Gasteiger partial charge in [0.25, 0.3) is 0 Å². The maximum atomic E-state index is 3.51. The summed E-state index contributed by atoms with van der Waals surface area (Å²) in [4.78, 5) is 0. The predicted molar refractivity (Wildman–Crippen MR) is 79.3 cm³/mol. The van der Waals surface area contributed by atoms with E-state index in [1.54, 1.807) is 0 Å². The molecular formula is C15H29Br. The lowest BCUT2D eigenvalue weighted by molar-refractivity contribution is 0.422. The molecule has 0 aliphatic rings. The number of allylic oxidation sites excluding steroid dienone is 2. The standard InChI is InChI=1S/C15H29Br/c1-13(2)7-5-8-14(3)9-6-10-15(4)11-12-16/h7,14-15H,5-6,8-12H2,1-4H3/t14-,15-/m0/s1. The molecule has 96 valence electrons. The van der Waals surface area contributed by atoms with E-state index in [4.69, 9.17) is 0 Å². The van der Waals surface area contributed by atoms with Crippen LogP contribution in [0.4, 0.5) is 0 Å². The summed E-state index contributed by atoms with van der Waals surface area (Å²) < 4.78 is 0. The van der Waals surface area contributed by atoms with Crippen LogP contribution in [0.1, 0.15) is 66.2 Å². The van der Waals surface area contributed by atoms with E-state index in [-0.39, 0.29) is 0 Å². The molecule has 0 rings (SSSR count). The van der Waals surface area contributed by atoms with Gasteiger partial charge in [0.2, 0.25) is 0 Å². The van der Waals surface area contributed by atoms with Crippen LogP contribution in [0.5, 0.6) is 0 Å². The minimum Gasteiger partial charge on any atom is -0.0928 e. The lowest BCUT2D eigenvalue weighted by Crippen LogP contribution is -1.99. The van der Waals surface area contributed by atoms with Crippen molar-refractivity contribution in [3.8, 4) is 0 Å². The van der Waals surface area contributed by atoms with Gasteiger partial charge in [-0.15, -0.1) is 0 Å². The average Bonchev–Trinajstić information content (AvgIpc) is 2.17. The summed E-state index contributed by atoms with van der Waals surface area (Å²) in [5, 5.41) is 1.16. The van der Waals surface area contributed by atoms with E-state index < -0.39 is 0 Å². The highest BCUT2D eigenvalue weighted by molar-refractivity contribution is 9.09. The monoisotopic (exact) mass is 288 g/mol. The molecule has 0 saturated heterocycles. The minimum absolute atomic E-state index is 0.893. The Morgan fingerprint density at radius 1 is 1.00 bits per heavy atom. The zero-order valence-corrected chi connectivity index (χ0v) is 13.1. The van der Waals surface area contributed by atoms with Gasteiger partial charge in [0, 0.05) is 5.33 Å². The fourth-order valence-corrected chi connectivity index (χ4v) is 2.73. The molecule has 0 aliphatic carbocycles. The maximum Gasteiger partial charge on any atom is 0.00338 e. The summed E-state index contributed by atoms with van der Waals surface area (Å²) in [7, 11) is 0. The maximum absolute atomic E-state index is 3.51. The Hall–Kier alpha value is 0.220. The van der Waals surface area contributed by atoms with Crippen LogP contribution >= 0.6 is 15.9 Å². The number of halogens is 1. The zero-order valence-electron chi connectivity index (χ0n) is 11.6. The van der Waals surface area contributed by atoms with E-state index >= 15 is 0 Å². The number of alkyl halides is 1. The van der Waals surface area contributed by atoms with Crippen LogP contribution in [-0.2, 0) is 0 Å². The molecule has 0 saturated carbocycles. The molecule has 0 aromatic rings. The molecule has 0 aromatic heterocycles. The van der Waals surface area contributed by atoms with Crippen molar-refractivity contribution in [2.24, 2.45) is 11.8 Å². The second-order valence-electron chi connectivity index (χ2n) is 5.48. The highest BCUT2D eigenvalue weighted by Crippen LogP contribution is 2.19. The van der Waals surface area contributed by atoms with E-state index in [1.807, 2.05) is 0 Å². The molecule has 0 spiro atoms. The molecule has 16 heavy (non-hydrogen) atoms. The molecule has 0 nitrogen and oxygen atoms in total. The summed E-state index contributed by atoms with van der Waals surface area (Å²) >= 11 is 3.51. The van der Waals surface area contributed by atoms with Gasteiger partial charge in [-0.05, 0) is 44.9 Å². The van der Waals surface area contributed by atoms with E-state index in [0.29, 0.717) is 0 Å². The van der Waals surface area contributed by atoms with Gasteiger partial charge in [-0.1, -0.05) is 60.7 Å². The molecule has 0 aromatic carbocycles. The van der Waals surface area contributed by atoms with E-state index in [2.05, 4.69) is 49.7 Å². The quantitative estimate of drug-likeness (QED) is 0.363. The Kier molecular flexibility index (Phi) is 10.5. The zero-order chi connectivity index (χ0) is 12.4.